The van der Waals surface area contributed by atoms with Crippen molar-refractivity contribution in [2.24, 2.45) is 5.92 Å². The molecule has 1 fully saturated rings. The molecule has 0 aromatic heterocycles. The Balaban J connectivity index is 1.63. The minimum Gasteiger partial charge on any atom is -0.494 e. The molecule has 0 spiro atoms. The van der Waals surface area contributed by atoms with Gasteiger partial charge in [-0.05, 0) is 48.7 Å². The van der Waals surface area contributed by atoms with Gasteiger partial charge in [0.15, 0.2) is 0 Å². The maximum atomic E-state index is 14.9. The molecule has 2 heterocycles. The van der Waals surface area contributed by atoms with Crippen LogP contribution in [-0.2, 0) is 16.0 Å². The van der Waals surface area contributed by atoms with Gasteiger partial charge in [-0.1, -0.05) is 25.7 Å². The summed E-state index contributed by atoms with van der Waals surface area (Å²) in [6, 6.07) is 6.13. The molecular formula is C27H33F2N3O5Si. The molecule has 38 heavy (non-hydrogen) atoms. The Morgan fingerprint density at radius 1 is 1.11 bits per heavy atom. The number of hydrogen-bond donors (Lipinski definition) is 2. The van der Waals surface area contributed by atoms with E-state index in [0.29, 0.717) is 37.4 Å². The first-order valence-electron chi connectivity index (χ1n) is 12.7. The van der Waals surface area contributed by atoms with Crippen LogP contribution in [0.4, 0.5) is 19.3 Å². The number of nitrogens with one attached hydrogen (secondary N) is 1. The van der Waals surface area contributed by atoms with Gasteiger partial charge in [0.05, 0.1) is 21.1 Å². The maximum Gasteiger partial charge on any atom is 0.320 e. The Bertz CT molecular complexity index is 1240. The number of benzene rings is 2. The van der Waals surface area contributed by atoms with Gasteiger partial charge in [-0.25, -0.2) is 13.6 Å². The van der Waals surface area contributed by atoms with Crippen molar-refractivity contribution in [1.29, 1.82) is 0 Å². The van der Waals surface area contributed by atoms with Crippen LogP contribution in [-0.4, -0.2) is 67.1 Å². The number of carbonyl (C=O) groups excluding carboxylic acids is 2. The van der Waals surface area contributed by atoms with Crippen molar-refractivity contribution in [3.05, 3.63) is 53.1 Å². The zero-order valence-electron chi connectivity index (χ0n) is 22.0. The molecule has 0 bridgehead atoms. The molecule has 204 valence electrons. The normalized spacial score (nSPS) is 17.5. The molecule has 2 aliphatic heterocycles. The summed E-state index contributed by atoms with van der Waals surface area (Å²) in [5.74, 6) is -2.41. The van der Waals surface area contributed by atoms with E-state index in [1.807, 2.05) is 32.6 Å². The molecule has 8 nitrogen and oxygen atoms in total. The molecule has 2 N–H and O–H groups in total. The van der Waals surface area contributed by atoms with Gasteiger partial charge in [-0.3, -0.25) is 9.59 Å². The standard InChI is InChI=1S/C27H33F2N3O5Si/c1-5-37-19-6-7-20-17(11-19)8-9-32(27(36)31-14-16(15-31)10-23(33)34)24(20)26(35)30-18-12-21(28)25(22(29)13-18)38(2,3)4/h6-7,11-13,16,24H,5,8-10,14-15H2,1-4H3,(H,30,35)(H,33,34)/t24-/m1/s1. The lowest BCUT2D eigenvalue weighted by atomic mass is 9.91. The van der Waals surface area contributed by atoms with Crippen molar-refractivity contribution in [3.63, 3.8) is 0 Å². The smallest absolute Gasteiger partial charge is 0.320 e. The molecule has 4 rings (SSSR count). The SMILES string of the molecule is CCOc1ccc2c(c1)CCN(C(=O)N1CC(CC(=O)O)C1)[C@H]2C(=O)Nc1cc(F)c([Si](C)(C)C)c(F)c1. The van der Waals surface area contributed by atoms with Crippen LogP contribution in [0.5, 0.6) is 5.75 Å². The van der Waals surface area contributed by atoms with E-state index in [4.69, 9.17) is 9.84 Å². The Kier molecular flexibility index (Phi) is 7.77. The van der Waals surface area contributed by atoms with Gasteiger partial charge in [-0.2, -0.15) is 0 Å². The van der Waals surface area contributed by atoms with Gasteiger partial charge in [0.2, 0.25) is 0 Å². The quantitative estimate of drug-likeness (QED) is 0.513. The lowest BCUT2D eigenvalue weighted by Gasteiger charge is -2.45. The number of halogens is 2. The number of urea groups is 1. The Morgan fingerprint density at radius 3 is 2.34 bits per heavy atom. The number of carboxylic acid groups (broad SMARTS) is 1. The number of anilines is 1. The van der Waals surface area contributed by atoms with Crippen molar-refractivity contribution < 1.29 is 33.0 Å². The number of aliphatic carboxylic acids is 1. The Labute approximate surface area is 221 Å². The second kappa shape index (κ2) is 10.7. The molecule has 2 aromatic carbocycles. The Hall–Kier alpha value is -3.47. The molecule has 0 saturated carbocycles. The van der Waals surface area contributed by atoms with Crippen molar-refractivity contribution in [1.82, 2.24) is 9.80 Å². The van der Waals surface area contributed by atoms with Crippen LogP contribution in [0.15, 0.2) is 30.3 Å². The van der Waals surface area contributed by atoms with E-state index in [0.717, 1.165) is 17.7 Å². The second-order valence-corrected chi connectivity index (χ2v) is 15.8. The topological polar surface area (TPSA) is 99.2 Å². The lowest BCUT2D eigenvalue weighted by Crippen LogP contribution is -2.58. The minimum absolute atomic E-state index is 0.0251. The fourth-order valence-electron chi connectivity index (χ4n) is 5.20. The van der Waals surface area contributed by atoms with E-state index in [9.17, 15) is 23.2 Å². The van der Waals surface area contributed by atoms with Gasteiger partial charge in [-0.15, -0.1) is 0 Å². The van der Waals surface area contributed by atoms with Crippen molar-refractivity contribution in [2.45, 2.75) is 45.4 Å². The summed E-state index contributed by atoms with van der Waals surface area (Å²) in [5, 5.41) is 11.7. The first-order valence-corrected chi connectivity index (χ1v) is 16.2. The molecule has 2 aromatic rings. The number of rotatable bonds is 7. The highest BCUT2D eigenvalue weighted by atomic mass is 28.3. The van der Waals surface area contributed by atoms with Crippen molar-refractivity contribution >= 4 is 36.9 Å². The van der Waals surface area contributed by atoms with Gasteiger partial charge < -0.3 is 25.0 Å². The monoisotopic (exact) mass is 545 g/mol. The fraction of sp³-hybridized carbons (Fsp3) is 0.444. The molecule has 0 unspecified atom stereocenters. The molecule has 0 radical (unpaired) electrons. The van der Waals surface area contributed by atoms with Crippen LogP contribution in [0.3, 0.4) is 0 Å². The van der Waals surface area contributed by atoms with E-state index in [2.05, 4.69) is 5.32 Å². The molecule has 0 aliphatic carbocycles. The summed E-state index contributed by atoms with van der Waals surface area (Å²) in [6.45, 7) is 8.68. The first kappa shape index (κ1) is 27.6. The van der Waals surface area contributed by atoms with Gasteiger partial charge in [0.1, 0.15) is 23.4 Å². The predicted molar refractivity (Wildman–Crippen MR) is 141 cm³/mol. The number of amides is 3. The summed E-state index contributed by atoms with van der Waals surface area (Å²) in [6.07, 6.45) is 0.466. The number of fused-ring (bicyclic) bond motifs is 1. The maximum absolute atomic E-state index is 14.9. The Morgan fingerprint density at radius 2 is 1.76 bits per heavy atom. The van der Waals surface area contributed by atoms with Crippen molar-refractivity contribution in [2.75, 3.05) is 31.6 Å². The number of carboxylic acids is 1. The highest BCUT2D eigenvalue weighted by molar-refractivity contribution is 6.88. The third-order valence-electron chi connectivity index (χ3n) is 6.90. The van der Waals surface area contributed by atoms with E-state index < -0.39 is 37.6 Å². The first-order chi connectivity index (χ1) is 17.9. The number of hydrogen-bond acceptors (Lipinski definition) is 4. The van der Waals surface area contributed by atoms with Crippen LogP contribution >= 0.6 is 0 Å². The average Bonchev–Trinajstić information content (AvgIpc) is 2.78. The summed E-state index contributed by atoms with van der Waals surface area (Å²) >= 11 is 0. The predicted octanol–water partition coefficient (Wildman–Crippen LogP) is 3.97. The number of ether oxygens (including phenoxy) is 1. The zero-order valence-corrected chi connectivity index (χ0v) is 23.0. The highest BCUT2D eigenvalue weighted by Gasteiger charge is 2.41. The summed E-state index contributed by atoms with van der Waals surface area (Å²) in [7, 11) is -2.30. The third-order valence-corrected chi connectivity index (χ3v) is 8.88. The van der Waals surface area contributed by atoms with Crippen LogP contribution < -0.4 is 15.2 Å². The minimum atomic E-state index is -2.30. The molecule has 11 heteroatoms. The van der Waals surface area contributed by atoms with E-state index in [1.165, 1.54) is 9.80 Å². The number of nitrogens with zero attached hydrogens (tertiary/aromatic N) is 2. The van der Waals surface area contributed by atoms with E-state index >= 15 is 0 Å². The highest BCUT2D eigenvalue weighted by Crippen LogP contribution is 2.35. The summed E-state index contributed by atoms with van der Waals surface area (Å²) in [5.41, 5.74) is 1.43. The second-order valence-electron chi connectivity index (χ2n) is 10.8. The average molecular weight is 546 g/mol. The van der Waals surface area contributed by atoms with Crippen LogP contribution in [0.25, 0.3) is 0 Å². The third kappa shape index (κ3) is 5.67. The largest absolute Gasteiger partial charge is 0.494 e. The molecular weight excluding hydrogens is 512 g/mol. The van der Waals surface area contributed by atoms with Gasteiger partial charge in [0, 0.05) is 36.4 Å². The number of likely N-dealkylation sites (tertiary alicyclic amines) is 1. The fourth-order valence-corrected chi connectivity index (χ4v) is 6.78. The van der Waals surface area contributed by atoms with Gasteiger partial charge >= 0.3 is 12.0 Å². The van der Waals surface area contributed by atoms with Crippen LogP contribution in [0.2, 0.25) is 19.6 Å². The van der Waals surface area contributed by atoms with Crippen molar-refractivity contribution in [3.8, 4) is 5.75 Å². The molecule has 1 atom stereocenters. The zero-order chi connectivity index (χ0) is 27.8. The van der Waals surface area contributed by atoms with Gasteiger partial charge in [0.25, 0.3) is 5.91 Å². The summed E-state index contributed by atoms with van der Waals surface area (Å²) < 4.78 is 35.3. The van der Waals surface area contributed by atoms with E-state index in [1.54, 1.807) is 12.1 Å². The van der Waals surface area contributed by atoms with E-state index in [-0.39, 0.29) is 35.8 Å². The summed E-state index contributed by atoms with van der Waals surface area (Å²) in [4.78, 5) is 41.0. The van der Waals surface area contributed by atoms with Crippen LogP contribution in [0, 0.1) is 17.6 Å². The lowest BCUT2D eigenvalue weighted by molar-refractivity contribution is -0.139. The number of carbonyl (C=O) groups is 3. The molecule has 3 amide bonds. The molecule has 2 aliphatic rings. The molecule has 1 saturated heterocycles. The van der Waals surface area contributed by atoms with Crippen LogP contribution in [0.1, 0.15) is 30.5 Å².